The van der Waals surface area contributed by atoms with Crippen molar-refractivity contribution in [3.8, 4) is 11.5 Å². The Morgan fingerprint density at radius 2 is 1.87 bits per heavy atom. The number of ether oxygens (including phenoxy) is 2. The first-order valence-corrected chi connectivity index (χ1v) is 11.8. The number of rotatable bonds is 9. The fourth-order valence-electron chi connectivity index (χ4n) is 2.99. The van der Waals surface area contributed by atoms with Gasteiger partial charge in [-0.25, -0.2) is 13.1 Å². The van der Waals surface area contributed by atoms with E-state index in [1.54, 1.807) is 45.5 Å². The summed E-state index contributed by atoms with van der Waals surface area (Å²) in [5.41, 5.74) is 1.09. The Morgan fingerprint density at radius 1 is 1.06 bits per heavy atom. The van der Waals surface area contributed by atoms with Gasteiger partial charge in [-0.15, -0.1) is 11.3 Å². The predicted molar refractivity (Wildman–Crippen MR) is 120 cm³/mol. The predicted octanol–water partition coefficient (Wildman–Crippen LogP) is 3.52. The summed E-state index contributed by atoms with van der Waals surface area (Å²) in [4.78, 5) is 15.4. The van der Waals surface area contributed by atoms with Crippen LogP contribution in [0.3, 0.4) is 0 Å². The van der Waals surface area contributed by atoms with Gasteiger partial charge in [0.1, 0.15) is 11.5 Å². The van der Waals surface area contributed by atoms with Crippen LogP contribution >= 0.6 is 11.3 Å². The molecule has 0 fully saturated rings. The standard InChI is InChI=1S/C22H24N2O5S2/c1-24(15-17-9-10-18(28-2)13-21(17)29-3)22(25)16-6-4-8-20(12-16)31(26,27)23-14-19-7-5-11-30-19/h4-13,23H,14-15H2,1-3H3. The van der Waals surface area contributed by atoms with Crippen LogP contribution in [0.2, 0.25) is 0 Å². The van der Waals surface area contributed by atoms with E-state index in [4.69, 9.17) is 9.47 Å². The van der Waals surface area contributed by atoms with Gasteiger partial charge in [-0.2, -0.15) is 0 Å². The number of amides is 1. The second-order valence-corrected chi connectivity index (χ2v) is 9.57. The Labute approximate surface area is 186 Å². The number of benzene rings is 2. The minimum absolute atomic E-state index is 0.0466. The Hall–Kier alpha value is -2.88. The second-order valence-electron chi connectivity index (χ2n) is 6.77. The van der Waals surface area contributed by atoms with Gasteiger partial charge in [0.2, 0.25) is 10.0 Å². The number of carbonyl (C=O) groups excluding carboxylic acids is 1. The molecule has 0 bridgehead atoms. The summed E-state index contributed by atoms with van der Waals surface area (Å²) in [5.74, 6) is 0.962. The largest absolute Gasteiger partial charge is 0.497 e. The number of nitrogens with one attached hydrogen (secondary N) is 1. The Balaban J connectivity index is 1.74. The molecule has 0 radical (unpaired) electrons. The lowest BCUT2D eigenvalue weighted by Crippen LogP contribution is -2.27. The van der Waals surface area contributed by atoms with Gasteiger partial charge in [0, 0.05) is 42.2 Å². The van der Waals surface area contributed by atoms with Crippen LogP contribution in [0.25, 0.3) is 0 Å². The first kappa shape index (κ1) is 22.8. The lowest BCUT2D eigenvalue weighted by Gasteiger charge is -2.19. The summed E-state index contributed by atoms with van der Waals surface area (Å²) in [7, 11) is 1.03. The van der Waals surface area contributed by atoms with Crippen LogP contribution in [0.4, 0.5) is 0 Å². The number of methoxy groups -OCH3 is 2. The van der Waals surface area contributed by atoms with E-state index in [2.05, 4.69) is 4.72 Å². The van der Waals surface area contributed by atoms with E-state index in [0.29, 0.717) is 18.0 Å². The first-order valence-electron chi connectivity index (χ1n) is 9.42. The summed E-state index contributed by atoms with van der Waals surface area (Å²) in [6.45, 7) is 0.495. The molecule has 0 atom stereocenters. The molecule has 164 valence electrons. The van der Waals surface area contributed by atoms with Crippen molar-refractivity contribution in [1.82, 2.24) is 9.62 Å². The van der Waals surface area contributed by atoms with Gasteiger partial charge < -0.3 is 14.4 Å². The molecule has 0 aliphatic heterocycles. The average molecular weight is 461 g/mol. The molecule has 1 heterocycles. The monoisotopic (exact) mass is 460 g/mol. The Morgan fingerprint density at radius 3 is 2.55 bits per heavy atom. The third kappa shape index (κ3) is 5.63. The summed E-state index contributed by atoms with van der Waals surface area (Å²) < 4.78 is 38.5. The van der Waals surface area contributed by atoms with Crippen molar-refractivity contribution in [2.24, 2.45) is 0 Å². The maximum atomic E-state index is 12.9. The molecule has 0 aliphatic rings. The normalized spacial score (nSPS) is 11.2. The molecule has 0 saturated heterocycles. The van der Waals surface area contributed by atoms with E-state index < -0.39 is 10.0 Å². The molecule has 3 aromatic rings. The van der Waals surface area contributed by atoms with Crippen molar-refractivity contribution in [1.29, 1.82) is 0 Å². The molecule has 0 saturated carbocycles. The van der Waals surface area contributed by atoms with Crippen LogP contribution < -0.4 is 14.2 Å². The lowest BCUT2D eigenvalue weighted by atomic mass is 10.1. The number of hydrogen-bond donors (Lipinski definition) is 1. The van der Waals surface area contributed by atoms with E-state index in [1.165, 1.54) is 28.4 Å². The zero-order chi connectivity index (χ0) is 22.4. The van der Waals surface area contributed by atoms with Crippen LogP contribution in [-0.4, -0.2) is 40.5 Å². The minimum Gasteiger partial charge on any atom is -0.497 e. The smallest absolute Gasteiger partial charge is 0.253 e. The maximum Gasteiger partial charge on any atom is 0.253 e. The van der Waals surface area contributed by atoms with Gasteiger partial charge in [0.25, 0.3) is 5.91 Å². The topological polar surface area (TPSA) is 84.9 Å². The maximum absolute atomic E-state index is 12.9. The third-order valence-electron chi connectivity index (χ3n) is 4.66. The highest BCUT2D eigenvalue weighted by Crippen LogP contribution is 2.26. The SMILES string of the molecule is COc1ccc(CN(C)C(=O)c2cccc(S(=O)(=O)NCc3cccs3)c2)c(OC)c1. The van der Waals surface area contributed by atoms with E-state index in [1.807, 2.05) is 23.6 Å². The number of hydrogen-bond acceptors (Lipinski definition) is 6. The molecule has 1 amide bonds. The third-order valence-corrected chi connectivity index (χ3v) is 6.93. The molecular formula is C22H24N2O5S2. The fraction of sp³-hybridized carbons (Fsp3) is 0.227. The highest BCUT2D eigenvalue weighted by Gasteiger charge is 2.19. The van der Waals surface area contributed by atoms with Gasteiger partial charge >= 0.3 is 0 Å². The van der Waals surface area contributed by atoms with Gasteiger partial charge in [-0.05, 0) is 41.8 Å². The summed E-state index contributed by atoms with van der Waals surface area (Å²) in [6.07, 6.45) is 0. The van der Waals surface area contributed by atoms with Crippen LogP contribution in [0, 0.1) is 0 Å². The number of nitrogens with zero attached hydrogens (tertiary/aromatic N) is 1. The van der Waals surface area contributed by atoms with Crippen LogP contribution in [0.5, 0.6) is 11.5 Å². The Bertz CT molecular complexity index is 1140. The zero-order valence-electron chi connectivity index (χ0n) is 17.5. The molecule has 2 aromatic carbocycles. The molecule has 0 unspecified atom stereocenters. The van der Waals surface area contributed by atoms with Crippen molar-refractivity contribution in [2.75, 3.05) is 21.3 Å². The van der Waals surface area contributed by atoms with Crippen molar-refractivity contribution < 1.29 is 22.7 Å². The molecule has 3 rings (SSSR count). The van der Waals surface area contributed by atoms with Crippen LogP contribution in [0.15, 0.2) is 64.9 Å². The molecule has 1 N–H and O–H groups in total. The second kappa shape index (κ2) is 9.95. The highest BCUT2D eigenvalue weighted by molar-refractivity contribution is 7.89. The minimum atomic E-state index is -3.74. The van der Waals surface area contributed by atoms with E-state index in [-0.39, 0.29) is 22.9 Å². The van der Waals surface area contributed by atoms with Gasteiger partial charge in [0.05, 0.1) is 19.1 Å². The van der Waals surface area contributed by atoms with Crippen molar-refractivity contribution in [2.45, 2.75) is 18.0 Å². The molecule has 0 aliphatic carbocycles. The van der Waals surface area contributed by atoms with Gasteiger partial charge in [-0.3, -0.25) is 4.79 Å². The zero-order valence-corrected chi connectivity index (χ0v) is 19.1. The fourth-order valence-corrected chi connectivity index (χ4v) is 4.78. The van der Waals surface area contributed by atoms with E-state index in [9.17, 15) is 13.2 Å². The number of sulfonamides is 1. The van der Waals surface area contributed by atoms with Crippen molar-refractivity contribution >= 4 is 27.3 Å². The molecule has 7 nitrogen and oxygen atoms in total. The molecular weight excluding hydrogens is 436 g/mol. The number of thiophene rings is 1. The summed E-state index contributed by atoms with van der Waals surface area (Å²) in [5, 5.41) is 1.89. The molecule has 31 heavy (non-hydrogen) atoms. The van der Waals surface area contributed by atoms with Crippen molar-refractivity contribution in [3.05, 3.63) is 76.0 Å². The molecule has 1 aromatic heterocycles. The molecule has 0 spiro atoms. The average Bonchev–Trinajstić information content (AvgIpc) is 3.31. The first-order chi connectivity index (χ1) is 14.8. The summed E-state index contributed by atoms with van der Waals surface area (Å²) >= 11 is 1.47. The van der Waals surface area contributed by atoms with Gasteiger partial charge in [0.15, 0.2) is 0 Å². The highest BCUT2D eigenvalue weighted by atomic mass is 32.2. The quantitative estimate of drug-likeness (QED) is 0.528. The van der Waals surface area contributed by atoms with Crippen LogP contribution in [0.1, 0.15) is 20.8 Å². The van der Waals surface area contributed by atoms with Crippen LogP contribution in [-0.2, 0) is 23.1 Å². The van der Waals surface area contributed by atoms with E-state index >= 15 is 0 Å². The van der Waals surface area contributed by atoms with Crippen molar-refractivity contribution in [3.63, 3.8) is 0 Å². The Kier molecular flexibility index (Phi) is 7.32. The molecule has 9 heteroatoms. The number of carbonyl (C=O) groups is 1. The summed E-state index contributed by atoms with van der Waals surface area (Å²) in [6, 6.07) is 15.1. The lowest BCUT2D eigenvalue weighted by molar-refractivity contribution is 0.0784. The van der Waals surface area contributed by atoms with Gasteiger partial charge in [-0.1, -0.05) is 12.1 Å². The van der Waals surface area contributed by atoms with E-state index in [0.717, 1.165) is 10.4 Å².